The summed E-state index contributed by atoms with van der Waals surface area (Å²) in [7, 11) is 0. The number of aryl methyl sites for hydroxylation is 2. The van der Waals surface area contributed by atoms with Crippen LogP contribution < -0.4 is 10.1 Å². The lowest BCUT2D eigenvalue weighted by atomic mass is 10.1. The molecular weight excluding hydrogens is 288 g/mol. The van der Waals surface area contributed by atoms with Crippen molar-refractivity contribution in [2.75, 3.05) is 13.2 Å². The van der Waals surface area contributed by atoms with Gasteiger partial charge >= 0.3 is 0 Å². The van der Waals surface area contributed by atoms with E-state index in [0.29, 0.717) is 6.61 Å². The van der Waals surface area contributed by atoms with Gasteiger partial charge in [-0.1, -0.05) is 12.1 Å². The third-order valence-corrected chi connectivity index (χ3v) is 3.96. The summed E-state index contributed by atoms with van der Waals surface area (Å²) in [5.41, 5.74) is 3.25. The molecule has 0 atom stereocenters. The highest BCUT2D eigenvalue weighted by Crippen LogP contribution is 2.32. The van der Waals surface area contributed by atoms with Crippen LogP contribution >= 0.6 is 0 Å². The van der Waals surface area contributed by atoms with Crippen LogP contribution in [0.4, 0.5) is 0 Å². The van der Waals surface area contributed by atoms with E-state index in [9.17, 15) is 0 Å². The van der Waals surface area contributed by atoms with E-state index in [4.69, 9.17) is 9.15 Å². The minimum atomic E-state index is 0.683. The first kappa shape index (κ1) is 15.6. The van der Waals surface area contributed by atoms with Crippen molar-refractivity contribution in [3.63, 3.8) is 0 Å². The monoisotopic (exact) mass is 310 g/mol. The van der Waals surface area contributed by atoms with Crippen molar-refractivity contribution >= 4 is 11.0 Å². The fourth-order valence-electron chi connectivity index (χ4n) is 2.62. The van der Waals surface area contributed by atoms with Crippen LogP contribution in [0.1, 0.15) is 23.3 Å². The first-order valence-corrected chi connectivity index (χ1v) is 7.97. The predicted molar refractivity (Wildman–Crippen MR) is 91.7 cm³/mol. The normalized spacial score (nSPS) is 11.0. The number of benzene rings is 1. The van der Waals surface area contributed by atoms with Gasteiger partial charge in [0.15, 0.2) is 0 Å². The van der Waals surface area contributed by atoms with Gasteiger partial charge in [0.05, 0.1) is 12.0 Å². The van der Waals surface area contributed by atoms with Gasteiger partial charge in [0, 0.05) is 24.5 Å². The second-order valence-corrected chi connectivity index (χ2v) is 5.65. The molecule has 0 fully saturated rings. The quantitative estimate of drug-likeness (QED) is 0.670. The zero-order valence-electron chi connectivity index (χ0n) is 13.6. The maximum Gasteiger partial charge on any atom is 0.138 e. The Morgan fingerprint density at radius 3 is 2.91 bits per heavy atom. The average Bonchev–Trinajstić information content (AvgIpc) is 2.87. The number of rotatable bonds is 7. The Morgan fingerprint density at radius 2 is 2.09 bits per heavy atom. The molecule has 4 nitrogen and oxygen atoms in total. The second-order valence-electron chi connectivity index (χ2n) is 5.65. The molecule has 0 spiro atoms. The minimum Gasteiger partial charge on any atom is -0.493 e. The van der Waals surface area contributed by atoms with Crippen LogP contribution in [-0.2, 0) is 6.54 Å². The molecule has 0 unspecified atom stereocenters. The molecule has 23 heavy (non-hydrogen) atoms. The van der Waals surface area contributed by atoms with Gasteiger partial charge in [0.25, 0.3) is 0 Å². The Morgan fingerprint density at radius 1 is 1.17 bits per heavy atom. The fraction of sp³-hybridized carbons (Fsp3) is 0.316. The molecule has 3 aromatic rings. The molecule has 0 aliphatic heterocycles. The van der Waals surface area contributed by atoms with Crippen LogP contribution in [0.5, 0.6) is 5.75 Å². The van der Waals surface area contributed by atoms with E-state index in [-0.39, 0.29) is 0 Å². The Hall–Kier alpha value is -2.33. The van der Waals surface area contributed by atoms with E-state index < -0.39 is 0 Å². The van der Waals surface area contributed by atoms with Crippen LogP contribution in [0.2, 0.25) is 0 Å². The van der Waals surface area contributed by atoms with Gasteiger partial charge in [-0.2, -0.15) is 0 Å². The van der Waals surface area contributed by atoms with E-state index in [1.54, 1.807) is 6.20 Å². The Kier molecular flexibility index (Phi) is 4.93. The van der Waals surface area contributed by atoms with Crippen molar-refractivity contribution in [1.82, 2.24) is 10.3 Å². The molecular formula is C19H22N2O2. The van der Waals surface area contributed by atoms with Gasteiger partial charge in [-0.15, -0.1) is 0 Å². The third kappa shape index (κ3) is 3.71. The number of ether oxygens (including phenoxy) is 1. The first-order chi connectivity index (χ1) is 11.3. The summed E-state index contributed by atoms with van der Waals surface area (Å²) >= 11 is 0. The molecule has 0 aliphatic carbocycles. The summed E-state index contributed by atoms with van der Waals surface area (Å²) in [6.45, 7) is 6.49. The standard InChI is InChI=1S/C19H22N2O2/c1-14-15(2)23-18-8-3-7-17(19(14)18)22-11-5-10-21-13-16-6-4-9-20-12-16/h3-4,6-9,12,21H,5,10-11,13H2,1-2H3. The number of hydrogen-bond acceptors (Lipinski definition) is 4. The Labute approximate surface area is 136 Å². The minimum absolute atomic E-state index is 0.683. The molecule has 0 bridgehead atoms. The summed E-state index contributed by atoms with van der Waals surface area (Å²) in [4.78, 5) is 4.11. The molecule has 4 heteroatoms. The molecule has 0 radical (unpaired) electrons. The highest BCUT2D eigenvalue weighted by atomic mass is 16.5. The number of aromatic nitrogens is 1. The maximum absolute atomic E-state index is 5.95. The van der Waals surface area contributed by atoms with Crippen molar-refractivity contribution in [3.8, 4) is 5.75 Å². The highest BCUT2D eigenvalue weighted by Gasteiger charge is 2.11. The lowest BCUT2D eigenvalue weighted by Crippen LogP contribution is -2.17. The Bertz CT molecular complexity index is 766. The van der Waals surface area contributed by atoms with Gasteiger partial charge < -0.3 is 14.5 Å². The van der Waals surface area contributed by atoms with Gasteiger partial charge in [-0.25, -0.2) is 0 Å². The topological polar surface area (TPSA) is 47.3 Å². The van der Waals surface area contributed by atoms with Gasteiger partial charge in [0.1, 0.15) is 17.1 Å². The third-order valence-electron chi connectivity index (χ3n) is 3.96. The van der Waals surface area contributed by atoms with Crippen molar-refractivity contribution in [1.29, 1.82) is 0 Å². The summed E-state index contributed by atoms with van der Waals surface area (Å²) in [5.74, 6) is 1.86. The van der Waals surface area contributed by atoms with E-state index in [0.717, 1.165) is 47.6 Å². The number of furan rings is 1. The molecule has 2 aromatic heterocycles. The molecule has 2 heterocycles. The summed E-state index contributed by atoms with van der Waals surface area (Å²) in [6.07, 6.45) is 4.62. The van der Waals surface area contributed by atoms with Crippen LogP contribution in [0, 0.1) is 13.8 Å². The summed E-state index contributed by atoms with van der Waals surface area (Å²) in [5, 5.41) is 4.49. The van der Waals surface area contributed by atoms with Crippen LogP contribution in [0.15, 0.2) is 47.1 Å². The Balaban J connectivity index is 1.48. The van der Waals surface area contributed by atoms with Crippen LogP contribution in [0.25, 0.3) is 11.0 Å². The van der Waals surface area contributed by atoms with E-state index in [1.807, 2.05) is 37.4 Å². The first-order valence-electron chi connectivity index (χ1n) is 7.97. The molecule has 0 saturated carbocycles. The number of fused-ring (bicyclic) bond motifs is 1. The molecule has 3 rings (SSSR count). The van der Waals surface area contributed by atoms with E-state index in [1.165, 1.54) is 5.56 Å². The van der Waals surface area contributed by atoms with E-state index in [2.05, 4.69) is 23.3 Å². The van der Waals surface area contributed by atoms with Gasteiger partial charge in [-0.05, 0) is 50.6 Å². The molecule has 1 N–H and O–H groups in total. The number of nitrogens with one attached hydrogen (secondary N) is 1. The zero-order chi connectivity index (χ0) is 16.1. The lowest BCUT2D eigenvalue weighted by Gasteiger charge is -2.08. The summed E-state index contributed by atoms with van der Waals surface area (Å²) in [6, 6.07) is 9.99. The van der Waals surface area contributed by atoms with Crippen LogP contribution in [0.3, 0.4) is 0 Å². The summed E-state index contributed by atoms with van der Waals surface area (Å²) < 4.78 is 11.7. The average molecular weight is 310 g/mol. The number of pyridine rings is 1. The number of hydrogen-bond donors (Lipinski definition) is 1. The molecule has 0 aliphatic rings. The van der Waals surface area contributed by atoms with Crippen molar-refractivity contribution in [2.24, 2.45) is 0 Å². The van der Waals surface area contributed by atoms with Crippen molar-refractivity contribution in [3.05, 3.63) is 59.6 Å². The molecule has 120 valence electrons. The largest absolute Gasteiger partial charge is 0.493 e. The molecule has 0 saturated heterocycles. The highest BCUT2D eigenvalue weighted by molar-refractivity contribution is 5.88. The molecule has 1 aromatic carbocycles. The lowest BCUT2D eigenvalue weighted by molar-refractivity contribution is 0.311. The fourth-order valence-corrected chi connectivity index (χ4v) is 2.62. The molecule has 0 amide bonds. The second kappa shape index (κ2) is 7.29. The SMILES string of the molecule is Cc1oc2cccc(OCCCNCc3cccnc3)c2c1C. The number of nitrogens with zero attached hydrogens (tertiary/aromatic N) is 1. The smallest absolute Gasteiger partial charge is 0.138 e. The van der Waals surface area contributed by atoms with Crippen molar-refractivity contribution in [2.45, 2.75) is 26.8 Å². The van der Waals surface area contributed by atoms with Crippen molar-refractivity contribution < 1.29 is 9.15 Å². The zero-order valence-corrected chi connectivity index (χ0v) is 13.6. The predicted octanol–water partition coefficient (Wildman–Crippen LogP) is 4.00. The van der Waals surface area contributed by atoms with Gasteiger partial charge in [-0.3, -0.25) is 4.98 Å². The van der Waals surface area contributed by atoms with E-state index >= 15 is 0 Å². The van der Waals surface area contributed by atoms with Gasteiger partial charge in [0.2, 0.25) is 0 Å². The van der Waals surface area contributed by atoms with Crippen LogP contribution in [-0.4, -0.2) is 18.1 Å². The maximum atomic E-state index is 5.95.